The third kappa shape index (κ3) is 4.04. The average Bonchev–Trinajstić information content (AvgIpc) is 2.46. The molecule has 7 heteroatoms. The number of carbonyl (C=O) groups excluding carboxylic acids is 1. The van der Waals surface area contributed by atoms with Crippen molar-refractivity contribution in [3.8, 4) is 11.5 Å². The molecule has 1 aromatic carbocycles. The Morgan fingerprint density at radius 2 is 2.05 bits per heavy atom. The van der Waals surface area contributed by atoms with E-state index in [9.17, 15) is 9.59 Å². The molecule has 0 bridgehead atoms. The van der Waals surface area contributed by atoms with Crippen LogP contribution in [0.15, 0.2) is 12.1 Å². The maximum absolute atomic E-state index is 12.3. The largest absolute Gasteiger partial charge is 0.486 e. The molecule has 6 nitrogen and oxygen atoms in total. The molecule has 0 fully saturated rings. The summed E-state index contributed by atoms with van der Waals surface area (Å²) >= 11 is 6.13. The van der Waals surface area contributed by atoms with Gasteiger partial charge in [0.25, 0.3) is 0 Å². The summed E-state index contributed by atoms with van der Waals surface area (Å²) in [7, 11) is 0. The van der Waals surface area contributed by atoms with Gasteiger partial charge < -0.3 is 19.5 Å². The predicted molar refractivity (Wildman–Crippen MR) is 80.7 cm³/mol. The molecule has 0 saturated heterocycles. The van der Waals surface area contributed by atoms with Crippen molar-refractivity contribution in [3.05, 3.63) is 22.7 Å². The van der Waals surface area contributed by atoms with Crippen LogP contribution in [0, 0.1) is 0 Å². The van der Waals surface area contributed by atoms with Gasteiger partial charge in [0.1, 0.15) is 19.8 Å². The zero-order chi connectivity index (χ0) is 16.1. The summed E-state index contributed by atoms with van der Waals surface area (Å²) in [5.41, 5.74) is 0.672. The first-order chi connectivity index (χ1) is 10.5. The maximum Gasteiger partial charge on any atom is 0.323 e. The number of benzene rings is 1. The number of hydrogen-bond acceptors (Lipinski definition) is 4. The molecule has 0 spiro atoms. The Hall–Kier alpha value is -1.95. The van der Waals surface area contributed by atoms with E-state index in [1.54, 1.807) is 12.1 Å². The molecule has 120 valence electrons. The Morgan fingerprint density at radius 3 is 2.73 bits per heavy atom. The number of hydrogen-bond donors (Lipinski definition) is 1. The molecular formula is C15H18ClNO5. The highest BCUT2D eigenvalue weighted by atomic mass is 35.5. The van der Waals surface area contributed by atoms with Gasteiger partial charge in [-0.25, -0.2) is 0 Å². The Kier molecular flexibility index (Phi) is 5.49. The maximum atomic E-state index is 12.3. The first kappa shape index (κ1) is 16.4. The highest BCUT2D eigenvalue weighted by molar-refractivity contribution is 6.32. The van der Waals surface area contributed by atoms with Crippen molar-refractivity contribution in [2.75, 3.05) is 26.3 Å². The number of fused-ring (bicyclic) bond motifs is 1. The first-order valence-corrected chi connectivity index (χ1v) is 7.46. The minimum Gasteiger partial charge on any atom is -0.486 e. The van der Waals surface area contributed by atoms with Crippen LogP contribution in [0.3, 0.4) is 0 Å². The number of halogens is 1. The lowest BCUT2D eigenvalue weighted by Crippen LogP contribution is -2.37. The average molecular weight is 328 g/mol. The fraction of sp³-hybridized carbons (Fsp3) is 0.467. The van der Waals surface area contributed by atoms with Gasteiger partial charge in [0.15, 0.2) is 11.5 Å². The van der Waals surface area contributed by atoms with Gasteiger partial charge in [0.2, 0.25) is 5.91 Å². The van der Waals surface area contributed by atoms with Gasteiger partial charge >= 0.3 is 5.97 Å². The molecule has 0 aliphatic carbocycles. The minimum atomic E-state index is -1.03. The number of aliphatic carboxylic acids is 1. The van der Waals surface area contributed by atoms with Crippen molar-refractivity contribution in [1.29, 1.82) is 0 Å². The molecule has 1 aliphatic rings. The normalized spacial score (nSPS) is 12.8. The molecule has 0 unspecified atom stereocenters. The van der Waals surface area contributed by atoms with Gasteiger partial charge in [-0.05, 0) is 24.1 Å². The van der Waals surface area contributed by atoms with E-state index in [4.69, 9.17) is 26.2 Å². The van der Waals surface area contributed by atoms with E-state index in [1.165, 1.54) is 4.90 Å². The number of rotatable bonds is 6. The molecule has 1 N–H and O–H groups in total. The van der Waals surface area contributed by atoms with Crippen LogP contribution in [0.25, 0.3) is 0 Å². The van der Waals surface area contributed by atoms with E-state index in [2.05, 4.69) is 0 Å². The van der Waals surface area contributed by atoms with Gasteiger partial charge in [-0.2, -0.15) is 0 Å². The summed E-state index contributed by atoms with van der Waals surface area (Å²) in [6, 6.07) is 3.36. The van der Waals surface area contributed by atoms with Gasteiger partial charge in [-0.3, -0.25) is 9.59 Å². The monoisotopic (exact) mass is 327 g/mol. The fourth-order valence-electron chi connectivity index (χ4n) is 2.28. The zero-order valence-corrected chi connectivity index (χ0v) is 13.1. The SMILES string of the molecule is CCCN(CC(=O)O)C(=O)Cc1cc(Cl)c2c(c1)OCCO2. The van der Waals surface area contributed by atoms with E-state index in [1.807, 2.05) is 6.92 Å². The van der Waals surface area contributed by atoms with Gasteiger partial charge in [-0.15, -0.1) is 0 Å². The summed E-state index contributed by atoms with van der Waals surface area (Å²) in [4.78, 5) is 24.4. The molecule has 0 radical (unpaired) electrons. The van der Waals surface area contributed by atoms with Crippen molar-refractivity contribution in [1.82, 2.24) is 4.90 Å². The molecule has 0 aromatic heterocycles. The standard InChI is InChI=1S/C15H18ClNO5/c1-2-3-17(9-14(19)20)13(18)8-10-6-11(16)15-12(7-10)21-4-5-22-15/h6-7H,2-5,8-9H2,1H3,(H,19,20). The van der Waals surface area contributed by atoms with Gasteiger partial charge in [-0.1, -0.05) is 18.5 Å². The number of carbonyl (C=O) groups is 2. The second-order valence-electron chi connectivity index (χ2n) is 4.99. The van der Waals surface area contributed by atoms with Crippen LogP contribution >= 0.6 is 11.6 Å². The van der Waals surface area contributed by atoms with E-state index in [-0.39, 0.29) is 18.9 Å². The lowest BCUT2D eigenvalue weighted by molar-refractivity contribution is -0.144. The minimum absolute atomic E-state index is 0.0731. The molecule has 1 aliphatic heterocycles. The summed E-state index contributed by atoms with van der Waals surface area (Å²) in [6.45, 7) is 2.87. The molecule has 22 heavy (non-hydrogen) atoms. The van der Waals surface area contributed by atoms with Crippen LogP contribution in [-0.4, -0.2) is 48.2 Å². The van der Waals surface area contributed by atoms with Crippen molar-refractivity contribution in [2.24, 2.45) is 0 Å². The zero-order valence-electron chi connectivity index (χ0n) is 12.3. The van der Waals surface area contributed by atoms with E-state index in [0.717, 1.165) is 0 Å². The topological polar surface area (TPSA) is 76.1 Å². The van der Waals surface area contributed by atoms with Crippen LogP contribution in [0.1, 0.15) is 18.9 Å². The number of amides is 1. The Morgan fingerprint density at radius 1 is 1.32 bits per heavy atom. The van der Waals surface area contributed by atoms with Crippen LogP contribution in [0.5, 0.6) is 11.5 Å². The summed E-state index contributed by atoms with van der Waals surface area (Å²) in [5.74, 6) is -0.277. The van der Waals surface area contributed by atoms with Crippen molar-refractivity contribution in [2.45, 2.75) is 19.8 Å². The third-order valence-corrected chi connectivity index (χ3v) is 3.47. The van der Waals surface area contributed by atoms with Crippen LogP contribution in [0.2, 0.25) is 5.02 Å². The number of carboxylic acid groups (broad SMARTS) is 1. The number of ether oxygens (including phenoxy) is 2. The Labute approximate surface area is 133 Å². The quantitative estimate of drug-likeness (QED) is 0.864. The van der Waals surface area contributed by atoms with E-state index >= 15 is 0 Å². The highest BCUT2D eigenvalue weighted by Crippen LogP contribution is 2.38. The van der Waals surface area contributed by atoms with Gasteiger partial charge in [0, 0.05) is 6.54 Å². The summed E-state index contributed by atoms with van der Waals surface area (Å²) < 4.78 is 10.9. The number of carboxylic acids is 1. The Bertz CT molecular complexity index is 575. The van der Waals surface area contributed by atoms with Crippen LogP contribution in [0.4, 0.5) is 0 Å². The van der Waals surface area contributed by atoms with Crippen LogP contribution in [-0.2, 0) is 16.0 Å². The molecule has 1 heterocycles. The van der Waals surface area contributed by atoms with E-state index in [0.29, 0.717) is 48.3 Å². The summed E-state index contributed by atoms with van der Waals surface area (Å²) in [5, 5.41) is 9.27. The van der Waals surface area contributed by atoms with Crippen LogP contribution < -0.4 is 9.47 Å². The van der Waals surface area contributed by atoms with Crippen molar-refractivity contribution < 1.29 is 24.2 Å². The second kappa shape index (κ2) is 7.35. The third-order valence-electron chi connectivity index (χ3n) is 3.18. The molecule has 0 atom stereocenters. The van der Waals surface area contributed by atoms with Crippen molar-refractivity contribution >= 4 is 23.5 Å². The lowest BCUT2D eigenvalue weighted by atomic mass is 10.1. The first-order valence-electron chi connectivity index (χ1n) is 7.08. The Balaban J connectivity index is 2.13. The predicted octanol–water partition coefficient (Wildman–Crippen LogP) is 1.98. The van der Waals surface area contributed by atoms with E-state index < -0.39 is 5.97 Å². The van der Waals surface area contributed by atoms with Gasteiger partial charge in [0.05, 0.1) is 11.4 Å². The summed E-state index contributed by atoms with van der Waals surface area (Å²) in [6.07, 6.45) is 0.768. The number of nitrogens with zero attached hydrogens (tertiary/aromatic N) is 1. The fourth-order valence-corrected chi connectivity index (χ4v) is 2.57. The smallest absolute Gasteiger partial charge is 0.323 e. The molecule has 1 aromatic rings. The highest BCUT2D eigenvalue weighted by Gasteiger charge is 2.20. The molecular weight excluding hydrogens is 310 g/mol. The lowest BCUT2D eigenvalue weighted by Gasteiger charge is -2.22. The van der Waals surface area contributed by atoms with Crippen molar-refractivity contribution in [3.63, 3.8) is 0 Å². The second-order valence-corrected chi connectivity index (χ2v) is 5.39. The molecule has 2 rings (SSSR count). The molecule has 1 amide bonds. The molecule has 0 saturated carbocycles.